The number of nitrogens with zero attached hydrogens (tertiary/aromatic N) is 3. The molecule has 22 heavy (non-hydrogen) atoms. The van der Waals surface area contributed by atoms with Crippen molar-refractivity contribution in [1.82, 2.24) is 15.1 Å². The minimum Gasteiger partial charge on any atom is -0.476 e. The topological polar surface area (TPSA) is 101 Å². The van der Waals surface area contributed by atoms with Crippen LogP contribution >= 0.6 is 0 Å². The number of carboxylic acid groups (broad SMARTS) is 1. The zero-order chi connectivity index (χ0) is 15.7. The first kappa shape index (κ1) is 14.4. The number of alkyl halides is 2. The van der Waals surface area contributed by atoms with Crippen molar-refractivity contribution in [2.45, 2.75) is 31.7 Å². The molecule has 0 atom stereocenters. The molecule has 0 aromatic carbocycles. The predicted octanol–water partition coefficient (Wildman–Crippen LogP) is 1.90. The molecule has 0 bridgehead atoms. The Labute approximate surface area is 123 Å². The zero-order valence-corrected chi connectivity index (χ0v) is 11.3. The van der Waals surface area contributed by atoms with Gasteiger partial charge in [-0.3, -0.25) is 0 Å². The molecule has 0 saturated carbocycles. The molecule has 0 unspecified atom stereocenters. The van der Waals surface area contributed by atoms with Gasteiger partial charge in [-0.1, -0.05) is 5.16 Å². The molecule has 0 saturated heterocycles. The first-order valence-corrected chi connectivity index (χ1v) is 6.58. The molecule has 2 aromatic heterocycles. The molecule has 2 aromatic rings. The summed E-state index contributed by atoms with van der Waals surface area (Å²) in [5.41, 5.74) is 0.654. The number of aromatic nitrogens is 3. The van der Waals surface area contributed by atoms with Crippen LogP contribution in [0, 0.1) is 0 Å². The van der Waals surface area contributed by atoms with Gasteiger partial charge in [-0.25, -0.2) is 23.5 Å². The highest BCUT2D eigenvalue weighted by Crippen LogP contribution is 2.34. The first-order chi connectivity index (χ1) is 10.4. The number of rotatable bonds is 4. The highest BCUT2D eigenvalue weighted by molar-refractivity contribution is 5.84. The van der Waals surface area contributed by atoms with E-state index in [-0.39, 0.29) is 31.5 Å². The molecule has 1 aliphatic rings. The standard InChI is InChI=1S/C13H12F2N4O3/c14-13(15)2-1-10-7(3-13)8(19-22-10)4-17-11-6-16-9(5-18-11)12(20)21/h5-6H,1-4H2,(H,17,18)(H,20,21). The third-order valence-corrected chi connectivity index (χ3v) is 3.41. The van der Waals surface area contributed by atoms with E-state index in [1.165, 1.54) is 6.20 Å². The van der Waals surface area contributed by atoms with E-state index in [0.29, 0.717) is 22.8 Å². The molecule has 2 heterocycles. The molecule has 3 rings (SSSR count). The number of fused-ring (bicyclic) bond motifs is 1. The molecule has 0 radical (unpaired) electrons. The van der Waals surface area contributed by atoms with E-state index in [4.69, 9.17) is 9.63 Å². The van der Waals surface area contributed by atoms with Gasteiger partial charge in [0.25, 0.3) is 5.92 Å². The van der Waals surface area contributed by atoms with E-state index in [0.717, 1.165) is 6.20 Å². The largest absolute Gasteiger partial charge is 0.476 e. The lowest BCUT2D eigenvalue weighted by molar-refractivity contribution is -0.0147. The molecular formula is C13H12F2N4O3. The van der Waals surface area contributed by atoms with Crippen molar-refractivity contribution in [2.75, 3.05) is 5.32 Å². The van der Waals surface area contributed by atoms with E-state index in [9.17, 15) is 13.6 Å². The molecule has 1 aliphatic carbocycles. The average molecular weight is 310 g/mol. The summed E-state index contributed by atoms with van der Waals surface area (Å²) >= 11 is 0. The summed E-state index contributed by atoms with van der Waals surface area (Å²) in [6.45, 7) is 0.149. The van der Waals surface area contributed by atoms with Crippen molar-refractivity contribution < 1.29 is 23.2 Å². The summed E-state index contributed by atoms with van der Waals surface area (Å²) in [6.07, 6.45) is 1.92. The lowest BCUT2D eigenvalue weighted by Gasteiger charge is -2.20. The summed E-state index contributed by atoms with van der Waals surface area (Å²) < 4.78 is 32.0. The summed E-state index contributed by atoms with van der Waals surface area (Å²) in [5.74, 6) is -3.10. The summed E-state index contributed by atoms with van der Waals surface area (Å²) in [7, 11) is 0. The summed E-state index contributed by atoms with van der Waals surface area (Å²) in [4.78, 5) is 18.2. The molecule has 0 aliphatic heterocycles. The van der Waals surface area contributed by atoms with E-state index >= 15 is 0 Å². The Bertz CT molecular complexity index is 700. The van der Waals surface area contributed by atoms with E-state index < -0.39 is 11.9 Å². The maximum absolute atomic E-state index is 13.5. The Kier molecular flexibility index (Phi) is 3.47. The van der Waals surface area contributed by atoms with Gasteiger partial charge in [0.15, 0.2) is 5.69 Å². The van der Waals surface area contributed by atoms with Crippen LogP contribution in [0.3, 0.4) is 0 Å². The van der Waals surface area contributed by atoms with Crippen molar-refractivity contribution in [3.8, 4) is 0 Å². The number of aromatic carboxylic acids is 1. The number of carboxylic acids is 1. The van der Waals surface area contributed by atoms with Gasteiger partial charge in [0.2, 0.25) is 0 Å². The Morgan fingerprint density at radius 2 is 2.23 bits per heavy atom. The Morgan fingerprint density at radius 1 is 1.41 bits per heavy atom. The maximum Gasteiger partial charge on any atom is 0.356 e. The Balaban J connectivity index is 1.70. The van der Waals surface area contributed by atoms with Gasteiger partial charge in [-0.2, -0.15) is 0 Å². The third kappa shape index (κ3) is 2.87. The SMILES string of the molecule is O=C(O)c1cnc(NCc2noc3c2CC(F)(F)CC3)cn1. The molecule has 0 fully saturated rings. The van der Waals surface area contributed by atoms with Gasteiger partial charge in [0.05, 0.1) is 18.9 Å². The number of hydrogen-bond acceptors (Lipinski definition) is 6. The number of nitrogens with one attached hydrogen (secondary N) is 1. The minimum absolute atomic E-state index is 0.149. The van der Waals surface area contributed by atoms with Crippen molar-refractivity contribution in [3.05, 3.63) is 35.1 Å². The monoisotopic (exact) mass is 310 g/mol. The molecule has 2 N–H and O–H groups in total. The molecule has 116 valence electrons. The summed E-state index contributed by atoms with van der Waals surface area (Å²) in [5, 5.41) is 15.4. The normalized spacial score (nSPS) is 16.1. The van der Waals surface area contributed by atoms with Crippen molar-refractivity contribution >= 4 is 11.8 Å². The highest BCUT2D eigenvalue weighted by Gasteiger charge is 2.37. The predicted molar refractivity (Wildman–Crippen MR) is 69.8 cm³/mol. The molecule has 9 heteroatoms. The van der Waals surface area contributed by atoms with Crippen LogP contribution in [0.4, 0.5) is 14.6 Å². The number of hydrogen-bond donors (Lipinski definition) is 2. The smallest absolute Gasteiger partial charge is 0.356 e. The first-order valence-electron chi connectivity index (χ1n) is 6.58. The number of anilines is 1. The summed E-state index contributed by atoms with van der Waals surface area (Å²) in [6, 6.07) is 0. The van der Waals surface area contributed by atoms with Crippen LogP contribution in [0.25, 0.3) is 0 Å². The lowest BCUT2D eigenvalue weighted by atomic mass is 9.93. The third-order valence-electron chi connectivity index (χ3n) is 3.41. The van der Waals surface area contributed by atoms with Gasteiger partial charge >= 0.3 is 5.97 Å². The Morgan fingerprint density at radius 3 is 2.91 bits per heavy atom. The van der Waals surface area contributed by atoms with Gasteiger partial charge in [0, 0.05) is 24.8 Å². The number of halogens is 2. The number of carbonyl (C=O) groups is 1. The van der Waals surface area contributed by atoms with Crippen LogP contribution in [0.5, 0.6) is 0 Å². The fraction of sp³-hybridized carbons (Fsp3) is 0.385. The van der Waals surface area contributed by atoms with E-state index in [2.05, 4.69) is 20.4 Å². The molecule has 7 nitrogen and oxygen atoms in total. The van der Waals surface area contributed by atoms with Crippen LogP contribution in [0.2, 0.25) is 0 Å². The minimum atomic E-state index is -2.74. The lowest BCUT2D eigenvalue weighted by Crippen LogP contribution is -2.26. The zero-order valence-electron chi connectivity index (χ0n) is 11.3. The molecular weight excluding hydrogens is 298 g/mol. The Hall–Kier alpha value is -2.58. The van der Waals surface area contributed by atoms with Gasteiger partial charge < -0.3 is 14.9 Å². The van der Waals surface area contributed by atoms with E-state index in [1.807, 2.05) is 0 Å². The molecule has 0 amide bonds. The second-order valence-electron chi connectivity index (χ2n) is 5.01. The van der Waals surface area contributed by atoms with Crippen molar-refractivity contribution in [2.24, 2.45) is 0 Å². The van der Waals surface area contributed by atoms with Crippen LogP contribution < -0.4 is 5.32 Å². The van der Waals surface area contributed by atoms with Crippen LogP contribution in [-0.2, 0) is 19.4 Å². The van der Waals surface area contributed by atoms with Gasteiger partial charge in [0.1, 0.15) is 17.3 Å². The second-order valence-corrected chi connectivity index (χ2v) is 5.01. The quantitative estimate of drug-likeness (QED) is 0.889. The highest BCUT2D eigenvalue weighted by atomic mass is 19.3. The molecule has 0 spiro atoms. The van der Waals surface area contributed by atoms with Gasteiger partial charge in [-0.15, -0.1) is 0 Å². The van der Waals surface area contributed by atoms with Crippen LogP contribution in [0.1, 0.15) is 33.9 Å². The maximum atomic E-state index is 13.5. The van der Waals surface area contributed by atoms with Crippen LogP contribution in [0.15, 0.2) is 16.9 Å². The van der Waals surface area contributed by atoms with E-state index in [1.54, 1.807) is 0 Å². The average Bonchev–Trinajstić information content (AvgIpc) is 2.86. The fourth-order valence-electron chi connectivity index (χ4n) is 2.26. The van der Waals surface area contributed by atoms with Crippen LogP contribution in [-0.4, -0.2) is 32.1 Å². The van der Waals surface area contributed by atoms with Crippen molar-refractivity contribution in [3.63, 3.8) is 0 Å². The van der Waals surface area contributed by atoms with Crippen molar-refractivity contribution in [1.29, 1.82) is 0 Å². The number of aryl methyl sites for hydroxylation is 1. The second kappa shape index (κ2) is 5.32. The fourth-order valence-corrected chi connectivity index (χ4v) is 2.26. The van der Waals surface area contributed by atoms with Gasteiger partial charge in [-0.05, 0) is 0 Å².